The molecule has 0 atom stereocenters. The van der Waals surface area contributed by atoms with Gasteiger partial charge in [0.2, 0.25) is 0 Å². The van der Waals surface area contributed by atoms with E-state index in [1.165, 1.54) is 24.0 Å². The van der Waals surface area contributed by atoms with Gasteiger partial charge in [0.1, 0.15) is 0 Å². The van der Waals surface area contributed by atoms with E-state index >= 15 is 0 Å². The molecule has 0 bridgehead atoms. The lowest BCUT2D eigenvalue weighted by Crippen LogP contribution is -2.13. The Kier molecular flexibility index (Phi) is 3.72. The number of carbonyl (C=O) groups is 1. The van der Waals surface area contributed by atoms with Gasteiger partial charge in [-0.25, -0.2) is 4.79 Å². The van der Waals surface area contributed by atoms with Gasteiger partial charge in [0.15, 0.2) is 0 Å². The van der Waals surface area contributed by atoms with Crippen molar-refractivity contribution in [3.63, 3.8) is 0 Å². The van der Waals surface area contributed by atoms with Gasteiger partial charge in [-0.15, -0.1) is 0 Å². The molecule has 2 rings (SSSR count). The van der Waals surface area contributed by atoms with Crippen molar-refractivity contribution in [1.29, 1.82) is 0 Å². The maximum atomic E-state index is 11.9. The molecule has 0 saturated carbocycles. The van der Waals surface area contributed by atoms with Crippen LogP contribution in [0.4, 0.5) is 0 Å². The minimum Gasteiger partial charge on any atom is -0.459 e. The SMILES string of the molecule is CC(C)OC(=O)c1cc2c(cc1Cl)CCCC2. The second kappa shape index (κ2) is 5.09. The van der Waals surface area contributed by atoms with E-state index in [9.17, 15) is 4.79 Å². The molecule has 0 radical (unpaired) electrons. The summed E-state index contributed by atoms with van der Waals surface area (Å²) in [5.74, 6) is -0.321. The first-order valence-corrected chi connectivity index (χ1v) is 6.48. The van der Waals surface area contributed by atoms with Gasteiger partial charge in [-0.1, -0.05) is 11.6 Å². The molecule has 1 aromatic carbocycles. The Morgan fingerprint density at radius 1 is 1.24 bits per heavy atom. The highest BCUT2D eigenvalue weighted by Gasteiger charge is 2.18. The molecule has 1 aliphatic rings. The Balaban J connectivity index is 2.31. The van der Waals surface area contributed by atoms with Crippen LogP contribution in [0, 0.1) is 0 Å². The number of ether oxygens (including phenoxy) is 1. The molecule has 0 aliphatic heterocycles. The van der Waals surface area contributed by atoms with E-state index in [2.05, 4.69) is 0 Å². The van der Waals surface area contributed by atoms with E-state index in [0.29, 0.717) is 10.6 Å². The molecule has 2 nitrogen and oxygen atoms in total. The number of fused-ring (bicyclic) bond motifs is 1. The van der Waals surface area contributed by atoms with Crippen molar-refractivity contribution in [2.24, 2.45) is 0 Å². The van der Waals surface area contributed by atoms with Crippen LogP contribution in [0.25, 0.3) is 0 Å². The van der Waals surface area contributed by atoms with Crippen molar-refractivity contribution in [3.05, 3.63) is 33.8 Å². The molecule has 0 spiro atoms. The molecular weight excluding hydrogens is 236 g/mol. The number of halogens is 1. The lowest BCUT2D eigenvalue weighted by molar-refractivity contribution is 0.0378. The molecule has 17 heavy (non-hydrogen) atoms. The van der Waals surface area contributed by atoms with Crippen LogP contribution in [-0.4, -0.2) is 12.1 Å². The Hall–Kier alpha value is -1.02. The number of aryl methyl sites for hydroxylation is 2. The fraction of sp³-hybridized carbons (Fsp3) is 0.500. The summed E-state index contributed by atoms with van der Waals surface area (Å²) >= 11 is 6.14. The average molecular weight is 253 g/mol. The van der Waals surface area contributed by atoms with Crippen LogP contribution in [0.5, 0.6) is 0 Å². The highest BCUT2D eigenvalue weighted by atomic mass is 35.5. The van der Waals surface area contributed by atoms with Gasteiger partial charge in [0, 0.05) is 0 Å². The van der Waals surface area contributed by atoms with Crippen molar-refractivity contribution in [3.8, 4) is 0 Å². The third-order valence-electron chi connectivity index (χ3n) is 2.99. The molecule has 3 heteroatoms. The Bertz CT molecular complexity index is 438. The maximum absolute atomic E-state index is 11.9. The molecule has 0 N–H and O–H groups in total. The highest BCUT2D eigenvalue weighted by molar-refractivity contribution is 6.33. The minimum absolute atomic E-state index is 0.116. The third kappa shape index (κ3) is 2.81. The van der Waals surface area contributed by atoms with Crippen LogP contribution in [-0.2, 0) is 17.6 Å². The number of hydrogen-bond donors (Lipinski definition) is 0. The molecule has 0 unspecified atom stereocenters. The summed E-state index contributed by atoms with van der Waals surface area (Å²) in [5.41, 5.74) is 3.03. The van der Waals surface area contributed by atoms with Gasteiger partial charge in [0.25, 0.3) is 0 Å². The van der Waals surface area contributed by atoms with Crippen molar-refractivity contribution >= 4 is 17.6 Å². The molecule has 92 valence electrons. The van der Waals surface area contributed by atoms with Gasteiger partial charge >= 0.3 is 5.97 Å². The first-order chi connectivity index (χ1) is 8.08. The predicted molar refractivity (Wildman–Crippen MR) is 68.6 cm³/mol. The van der Waals surface area contributed by atoms with Gasteiger partial charge in [-0.3, -0.25) is 0 Å². The van der Waals surface area contributed by atoms with E-state index in [0.717, 1.165) is 12.8 Å². The fourth-order valence-electron chi connectivity index (χ4n) is 2.19. The normalized spacial score (nSPS) is 14.6. The summed E-state index contributed by atoms with van der Waals surface area (Å²) in [6.07, 6.45) is 4.38. The van der Waals surface area contributed by atoms with Crippen LogP contribution in [0.15, 0.2) is 12.1 Å². The van der Waals surface area contributed by atoms with Crippen LogP contribution < -0.4 is 0 Å². The zero-order valence-corrected chi connectivity index (χ0v) is 11.0. The maximum Gasteiger partial charge on any atom is 0.339 e. The van der Waals surface area contributed by atoms with E-state index in [1.54, 1.807) is 0 Å². The lowest BCUT2D eigenvalue weighted by Gasteiger charge is -2.18. The Morgan fingerprint density at radius 2 is 1.82 bits per heavy atom. The van der Waals surface area contributed by atoms with Gasteiger partial charge in [0.05, 0.1) is 16.7 Å². The first kappa shape index (κ1) is 12.4. The lowest BCUT2D eigenvalue weighted by atomic mass is 9.90. The molecular formula is C14H17ClO2. The largest absolute Gasteiger partial charge is 0.459 e. The Morgan fingerprint density at radius 3 is 2.41 bits per heavy atom. The standard InChI is InChI=1S/C14H17ClO2/c1-9(2)17-14(16)12-7-10-5-3-4-6-11(10)8-13(12)15/h7-9H,3-6H2,1-2H3. The van der Waals surface area contributed by atoms with Crippen LogP contribution in [0.3, 0.4) is 0 Å². The van der Waals surface area contributed by atoms with Gasteiger partial charge in [-0.05, 0) is 62.8 Å². The molecule has 0 saturated heterocycles. The zero-order valence-electron chi connectivity index (χ0n) is 10.3. The fourth-order valence-corrected chi connectivity index (χ4v) is 2.45. The number of rotatable bonds is 2. The number of benzene rings is 1. The first-order valence-electron chi connectivity index (χ1n) is 6.10. The quantitative estimate of drug-likeness (QED) is 0.749. The second-order valence-electron chi connectivity index (χ2n) is 4.76. The average Bonchev–Trinajstić information content (AvgIpc) is 2.27. The van der Waals surface area contributed by atoms with Crippen LogP contribution >= 0.6 is 11.6 Å². The monoisotopic (exact) mass is 252 g/mol. The minimum atomic E-state index is -0.321. The number of carbonyl (C=O) groups excluding carboxylic acids is 1. The molecule has 1 aliphatic carbocycles. The number of hydrogen-bond acceptors (Lipinski definition) is 2. The second-order valence-corrected chi connectivity index (χ2v) is 5.17. The van der Waals surface area contributed by atoms with Crippen molar-refractivity contribution in [1.82, 2.24) is 0 Å². The zero-order chi connectivity index (χ0) is 12.4. The van der Waals surface area contributed by atoms with Crippen LogP contribution in [0.2, 0.25) is 5.02 Å². The highest BCUT2D eigenvalue weighted by Crippen LogP contribution is 2.28. The van der Waals surface area contributed by atoms with E-state index < -0.39 is 0 Å². The topological polar surface area (TPSA) is 26.3 Å². The van der Waals surface area contributed by atoms with E-state index in [1.807, 2.05) is 26.0 Å². The van der Waals surface area contributed by atoms with E-state index in [4.69, 9.17) is 16.3 Å². The smallest absolute Gasteiger partial charge is 0.339 e. The van der Waals surface area contributed by atoms with Crippen LogP contribution in [0.1, 0.15) is 48.2 Å². The summed E-state index contributed by atoms with van der Waals surface area (Å²) in [6.45, 7) is 3.68. The predicted octanol–water partition coefficient (Wildman–Crippen LogP) is 3.78. The summed E-state index contributed by atoms with van der Waals surface area (Å²) in [7, 11) is 0. The third-order valence-corrected chi connectivity index (χ3v) is 3.31. The van der Waals surface area contributed by atoms with Crippen molar-refractivity contribution < 1.29 is 9.53 Å². The van der Waals surface area contributed by atoms with E-state index in [-0.39, 0.29) is 12.1 Å². The molecule has 0 aromatic heterocycles. The summed E-state index contributed by atoms with van der Waals surface area (Å²) in [6, 6.07) is 3.83. The summed E-state index contributed by atoms with van der Waals surface area (Å²) in [4.78, 5) is 11.9. The van der Waals surface area contributed by atoms with Gasteiger partial charge < -0.3 is 4.74 Å². The van der Waals surface area contributed by atoms with Crippen molar-refractivity contribution in [2.45, 2.75) is 45.6 Å². The molecule has 1 aromatic rings. The van der Waals surface area contributed by atoms with Gasteiger partial charge in [-0.2, -0.15) is 0 Å². The summed E-state index contributed by atoms with van der Waals surface area (Å²) in [5, 5.41) is 0.510. The van der Waals surface area contributed by atoms with Crippen molar-refractivity contribution in [2.75, 3.05) is 0 Å². The molecule has 0 fully saturated rings. The summed E-state index contributed by atoms with van der Waals surface area (Å²) < 4.78 is 5.18. The molecule has 0 amide bonds. The number of esters is 1. The molecule has 0 heterocycles. The Labute approximate surface area is 107 Å².